The Labute approximate surface area is 117 Å². The van der Waals surface area contributed by atoms with E-state index in [1.165, 1.54) is 12.1 Å². The Kier molecular flexibility index (Phi) is 3.47. The van der Waals surface area contributed by atoms with E-state index in [1.807, 2.05) is 0 Å². The molecular weight excluding hydrogens is 258 g/mol. The first-order valence-electron chi connectivity index (χ1n) is 6.76. The summed E-state index contributed by atoms with van der Waals surface area (Å²) in [5.74, 6) is 1.14. The van der Waals surface area contributed by atoms with Crippen LogP contribution in [-0.4, -0.2) is 54.1 Å². The van der Waals surface area contributed by atoms with E-state index in [1.54, 1.807) is 11.3 Å². The lowest BCUT2D eigenvalue weighted by Crippen LogP contribution is -2.32. The molecule has 2 N–H and O–H groups in total. The Morgan fingerprint density at radius 1 is 1.53 bits per heavy atom. The van der Waals surface area contributed by atoms with E-state index >= 15 is 0 Å². The van der Waals surface area contributed by atoms with Crippen molar-refractivity contribution in [2.45, 2.75) is 18.9 Å². The number of hydrogen-bond donors (Lipinski definition) is 1. The third-order valence-corrected chi connectivity index (χ3v) is 4.67. The molecule has 6 heteroatoms. The molecule has 19 heavy (non-hydrogen) atoms. The average molecular weight is 279 g/mol. The molecule has 0 radical (unpaired) electrons. The van der Waals surface area contributed by atoms with Crippen LogP contribution in [0.2, 0.25) is 0 Å². The number of hydrogen-bond acceptors (Lipinski definition) is 5. The van der Waals surface area contributed by atoms with Gasteiger partial charge in [-0.25, -0.2) is 4.98 Å². The zero-order chi connectivity index (χ0) is 13.4. The van der Waals surface area contributed by atoms with Crippen molar-refractivity contribution in [1.29, 1.82) is 0 Å². The summed E-state index contributed by atoms with van der Waals surface area (Å²) in [5.41, 5.74) is 7.02. The van der Waals surface area contributed by atoms with E-state index in [2.05, 4.69) is 39.9 Å². The smallest absolute Gasteiger partial charge is 0.195 e. The Morgan fingerprint density at radius 3 is 3.05 bits per heavy atom. The Hall–Kier alpha value is -1.11. The highest BCUT2D eigenvalue weighted by molar-refractivity contribution is 7.15. The molecule has 2 aromatic heterocycles. The minimum Gasteiger partial charge on any atom is -0.353 e. The van der Waals surface area contributed by atoms with Crippen molar-refractivity contribution in [2.75, 3.05) is 38.6 Å². The Balaban J connectivity index is 1.92. The molecule has 1 unspecified atom stereocenters. The SMILES string of the molecule is CN(C)C1CCN(c2nc3sccn3c2CCN)C1. The number of imidazole rings is 1. The van der Waals surface area contributed by atoms with Crippen LogP contribution >= 0.6 is 11.3 Å². The number of fused-ring (bicyclic) bond motifs is 1. The number of anilines is 1. The first-order chi connectivity index (χ1) is 9.20. The molecule has 0 amide bonds. The highest BCUT2D eigenvalue weighted by atomic mass is 32.1. The number of nitrogens with two attached hydrogens (primary N) is 1. The molecule has 1 aliphatic rings. The molecule has 0 bridgehead atoms. The van der Waals surface area contributed by atoms with Gasteiger partial charge in [0.05, 0.1) is 5.69 Å². The van der Waals surface area contributed by atoms with E-state index < -0.39 is 0 Å². The van der Waals surface area contributed by atoms with Gasteiger partial charge in [-0.15, -0.1) is 11.3 Å². The maximum atomic E-state index is 5.76. The zero-order valence-corrected chi connectivity index (χ0v) is 12.4. The fourth-order valence-electron chi connectivity index (χ4n) is 2.80. The van der Waals surface area contributed by atoms with Gasteiger partial charge in [-0.3, -0.25) is 4.40 Å². The lowest BCUT2D eigenvalue weighted by Gasteiger charge is -2.21. The molecule has 104 valence electrons. The minimum atomic E-state index is 0.630. The molecule has 0 aliphatic carbocycles. The van der Waals surface area contributed by atoms with Crippen molar-refractivity contribution in [3.63, 3.8) is 0 Å². The molecule has 2 aromatic rings. The standard InChI is InChI=1S/C13H21N5S/c1-16(2)10-4-6-17(9-10)12-11(3-5-14)18-7-8-19-13(18)15-12/h7-8,10H,3-6,9,14H2,1-2H3. The average Bonchev–Trinajstić information content (AvgIpc) is 3.04. The van der Waals surface area contributed by atoms with E-state index in [0.717, 1.165) is 30.3 Å². The highest BCUT2D eigenvalue weighted by Gasteiger charge is 2.28. The van der Waals surface area contributed by atoms with Crippen molar-refractivity contribution >= 4 is 22.1 Å². The van der Waals surface area contributed by atoms with Crippen LogP contribution < -0.4 is 10.6 Å². The molecule has 1 aliphatic heterocycles. The number of likely N-dealkylation sites (N-methyl/N-ethyl adjacent to an activating group) is 1. The molecule has 3 heterocycles. The highest BCUT2D eigenvalue weighted by Crippen LogP contribution is 2.28. The molecule has 0 aromatic carbocycles. The quantitative estimate of drug-likeness (QED) is 0.908. The fraction of sp³-hybridized carbons (Fsp3) is 0.615. The van der Waals surface area contributed by atoms with E-state index in [4.69, 9.17) is 10.7 Å². The van der Waals surface area contributed by atoms with Gasteiger partial charge in [-0.05, 0) is 27.1 Å². The van der Waals surface area contributed by atoms with Crippen LogP contribution in [0.3, 0.4) is 0 Å². The summed E-state index contributed by atoms with van der Waals surface area (Å²) in [6.45, 7) is 2.82. The minimum absolute atomic E-state index is 0.630. The summed E-state index contributed by atoms with van der Waals surface area (Å²) >= 11 is 1.69. The number of thiazole rings is 1. The predicted octanol–water partition coefficient (Wildman–Crippen LogP) is 1.04. The second-order valence-electron chi connectivity index (χ2n) is 5.33. The molecule has 5 nitrogen and oxygen atoms in total. The van der Waals surface area contributed by atoms with E-state index in [0.29, 0.717) is 12.6 Å². The summed E-state index contributed by atoms with van der Waals surface area (Å²) in [5, 5.41) is 2.08. The fourth-order valence-corrected chi connectivity index (χ4v) is 3.53. The lowest BCUT2D eigenvalue weighted by atomic mass is 10.2. The molecule has 1 saturated heterocycles. The van der Waals surface area contributed by atoms with Gasteiger partial charge in [0.25, 0.3) is 0 Å². The Bertz CT molecular complexity index is 558. The molecule has 3 rings (SSSR count). The van der Waals surface area contributed by atoms with Crippen molar-refractivity contribution < 1.29 is 0 Å². The van der Waals surface area contributed by atoms with Crippen LogP contribution in [0.4, 0.5) is 5.82 Å². The van der Waals surface area contributed by atoms with Crippen LogP contribution in [0.15, 0.2) is 11.6 Å². The summed E-state index contributed by atoms with van der Waals surface area (Å²) in [6, 6.07) is 0.630. The van der Waals surface area contributed by atoms with Gasteiger partial charge >= 0.3 is 0 Å². The van der Waals surface area contributed by atoms with Crippen LogP contribution in [0.1, 0.15) is 12.1 Å². The predicted molar refractivity (Wildman–Crippen MR) is 80.1 cm³/mol. The first-order valence-corrected chi connectivity index (χ1v) is 7.64. The lowest BCUT2D eigenvalue weighted by molar-refractivity contribution is 0.315. The first kappa shape index (κ1) is 12.9. The van der Waals surface area contributed by atoms with Gasteiger partial charge in [-0.1, -0.05) is 0 Å². The van der Waals surface area contributed by atoms with Crippen LogP contribution in [0, 0.1) is 0 Å². The number of nitrogens with zero attached hydrogens (tertiary/aromatic N) is 4. The molecule has 1 fully saturated rings. The Morgan fingerprint density at radius 2 is 2.37 bits per heavy atom. The summed E-state index contributed by atoms with van der Waals surface area (Å²) < 4.78 is 2.19. The van der Waals surface area contributed by atoms with Crippen LogP contribution in [0.5, 0.6) is 0 Å². The molecule has 1 atom stereocenters. The van der Waals surface area contributed by atoms with Crippen molar-refractivity contribution in [3.8, 4) is 0 Å². The van der Waals surface area contributed by atoms with Gasteiger partial charge in [-0.2, -0.15) is 0 Å². The maximum Gasteiger partial charge on any atom is 0.195 e. The van der Waals surface area contributed by atoms with Crippen LogP contribution in [-0.2, 0) is 6.42 Å². The summed E-state index contributed by atoms with van der Waals surface area (Å²) in [4.78, 5) is 10.6. The van der Waals surface area contributed by atoms with Gasteiger partial charge < -0.3 is 15.5 Å². The molecule has 0 spiro atoms. The van der Waals surface area contributed by atoms with Gasteiger partial charge in [0.15, 0.2) is 10.8 Å². The van der Waals surface area contributed by atoms with Gasteiger partial charge in [0.2, 0.25) is 0 Å². The molecule has 0 saturated carbocycles. The molecular formula is C13H21N5S. The second-order valence-corrected chi connectivity index (χ2v) is 6.20. The van der Waals surface area contributed by atoms with E-state index in [9.17, 15) is 0 Å². The van der Waals surface area contributed by atoms with Crippen molar-refractivity contribution in [1.82, 2.24) is 14.3 Å². The topological polar surface area (TPSA) is 49.8 Å². The van der Waals surface area contributed by atoms with E-state index in [-0.39, 0.29) is 0 Å². The second kappa shape index (κ2) is 5.11. The van der Waals surface area contributed by atoms with Crippen LogP contribution in [0.25, 0.3) is 4.96 Å². The van der Waals surface area contributed by atoms with Crippen molar-refractivity contribution in [3.05, 3.63) is 17.3 Å². The van der Waals surface area contributed by atoms with Gasteiger partial charge in [0, 0.05) is 37.1 Å². The van der Waals surface area contributed by atoms with Gasteiger partial charge in [0.1, 0.15) is 0 Å². The summed E-state index contributed by atoms with van der Waals surface area (Å²) in [6.07, 6.45) is 4.19. The third kappa shape index (κ3) is 2.24. The third-order valence-electron chi connectivity index (χ3n) is 3.91. The zero-order valence-electron chi connectivity index (χ0n) is 11.5. The maximum absolute atomic E-state index is 5.76. The number of rotatable bonds is 4. The largest absolute Gasteiger partial charge is 0.353 e. The normalized spacial score (nSPS) is 20.0. The monoisotopic (exact) mass is 279 g/mol. The summed E-state index contributed by atoms with van der Waals surface area (Å²) in [7, 11) is 4.31. The van der Waals surface area contributed by atoms with Crippen molar-refractivity contribution in [2.24, 2.45) is 5.73 Å². The number of aromatic nitrogens is 2.